The van der Waals surface area contributed by atoms with Gasteiger partial charge in [-0.2, -0.15) is 0 Å². The lowest BCUT2D eigenvalue weighted by Crippen LogP contribution is -2.68. The Morgan fingerprint density at radius 2 is 1.84 bits per heavy atom. The summed E-state index contributed by atoms with van der Waals surface area (Å²) in [4.78, 5) is 65.5. The summed E-state index contributed by atoms with van der Waals surface area (Å²) in [6.45, 7) is 15.8. The van der Waals surface area contributed by atoms with Gasteiger partial charge in [0.15, 0.2) is 0 Å². The number of carbonyl (C=O) groups is 4. The molecule has 2 aromatic carbocycles. The molecule has 5 aliphatic rings. The number of likely N-dealkylation sites (tertiary alicyclic amines) is 2. The number of cyclic esters (lactones) is 1. The molecule has 7 heterocycles. The number of aryl methyl sites for hydroxylation is 1. The van der Waals surface area contributed by atoms with Crippen LogP contribution in [0.15, 0.2) is 54.7 Å². The third-order valence-corrected chi connectivity index (χ3v) is 15.0. The first-order valence-electron chi connectivity index (χ1n) is 25.1. The molecule has 0 spiro atoms. The summed E-state index contributed by atoms with van der Waals surface area (Å²) in [6.07, 6.45) is 4.50. The standard InChI is InChI=1S/C53H71N9O8/c1-9-60-43-15-14-34-24-39(43)40(48(60)38-12-10-17-54-46(38)32(4)68-8)25-53(5,6)29-70-51(66)41-13-11-18-59(57-41)30-69-28-36(21-33-20-35(34)23-37(63)22-33)56-49(64)47(31(2)3)58(7)52(67)62-27-45-44(62)16-19-61(45)50(65)42-26-55-42/h10,12,14-15,17,20,22-24,31-32,36,41-42,44-45,47,55,57,63H,9,11,13,16,18-19,21,25-30H2,1-8H3,(H,56,64)/t32-,36-,41-,42+,44+,45+,47-/m0/s1. The normalized spacial score (nSPS) is 25.4. The summed E-state index contributed by atoms with van der Waals surface area (Å²) in [5.41, 5.74) is 10.3. The summed E-state index contributed by atoms with van der Waals surface area (Å²) in [7, 11) is 3.37. The minimum Gasteiger partial charge on any atom is -0.508 e. The number of urea groups is 1. The molecule has 4 aromatic rings. The zero-order valence-electron chi connectivity index (χ0n) is 42.0. The van der Waals surface area contributed by atoms with Gasteiger partial charge in [-0.15, -0.1) is 0 Å². The molecule has 6 bridgehead atoms. The van der Waals surface area contributed by atoms with Crippen LogP contribution >= 0.6 is 0 Å². The number of pyridine rings is 1. The molecule has 4 amide bonds. The topological polar surface area (TPSA) is 193 Å². The number of likely N-dealkylation sites (N-methyl/N-ethyl adjacent to an activating group) is 1. The molecular weight excluding hydrogens is 891 g/mol. The number of methoxy groups -OCH3 is 1. The predicted octanol–water partition coefficient (Wildman–Crippen LogP) is 5.23. The van der Waals surface area contributed by atoms with Crippen molar-refractivity contribution >= 4 is 34.7 Å². The Morgan fingerprint density at radius 1 is 1.04 bits per heavy atom. The Kier molecular flexibility index (Phi) is 14.3. The van der Waals surface area contributed by atoms with Crippen molar-refractivity contribution in [2.75, 3.05) is 60.3 Å². The minimum atomic E-state index is -0.802. The highest BCUT2D eigenvalue weighted by Gasteiger charge is 2.53. The Labute approximate surface area is 411 Å². The molecule has 17 heteroatoms. The maximum Gasteiger partial charge on any atom is 0.324 e. The molecule has 2 aromatic heterocycles. The third kappa shape index (κ3) is 10.0. The number of benzene rings is 2. The SMILES string of the molecule is CCn1c(-c2cccnc2[C@H](C)OC)c2c3cc(ccc31)-c1cc(O)cc(c1)C[C@H](NC(=O)[C@H](C(C)C)N(C)C(=O)N1C[C@@H]3[C@H]1CCN3C(=O)[C@H]1CN1)COCN1CCC[C@H](N1)C(=O)OCC(C)(C)C2. The fraction of sp³-hybridized carbons (Fsp3) is 0.566. The van der Waals surface area contributed by atoms with E-state index in [4.69, 9.17) is 19.2 Å². The van der Waals surface area contributed by atoms with Crippen LogP contribution in [0.4, 0.5) is 4.79 Å². The van der Waals surface area contributed by atoms with Crippen LogP contribution in [0.2, 0.25) is 0 Å². The van der Waals surface area contributed by atoms with Crippen LogP contribution < -0.4 is 16.1 Å². The van der Waals surface area contributed by atoms with Crippen LogP contribution in [0, 0.1) is 11.3 Å². The van der Waals surface area contributed by atoms with Gasteiger partial charge in [-0.1, -0.05) is 39.8 Å². The number of phenolic OH excluding ortho intramolecular Hbond substituents is 1. The molecule has 0 radical (unpaired) electrons. The summed E-state index contributed by atoms with van der Waals surface area (Å²) in [5, 5.41) is 20.7. The van der Waals surface area contributed by atoms with Gasteiger partial charge < -0.3 is 49.2 Å². The summed E-state index contributed by atoms with van der Waals surface area (Å²) in [6, 6.07) is 13.6. The second kappa shape index (κ2) is 20.3. The zero-order chi connectivity index (χ0) is 49.6. The summed E-state index contributed by atoms with van der Waals surface area (Å²) >= 11 is 0. The molecule has 376 valence electrons. The molecule has 1 unspecified atom stereocenters. The first kappa shape index (κ1) is 49.4. The number of phenols is 1. The maximum absolute atomic E-state index is 14.6. The van der Waals surface area contributed by atoms with Gasteiger partial charge >= 0.3 is 12.0 Å². The van der Waals surface area contributed by atoms with Gasteiger partial charge in [-0.05, 0) is 111 Å². The van der Waals surface area contributed by atoms with Gasteiger partial charge in [-0.25, -0.2) is 15.2 Å². The van der Waals surface area contributed by atoms with Crippen molar-refractivity contribution < 1.29 is 38.5 Å². The van der Waals surface area contributed by atoms with Crippen molar-refractivity contribution in [3.8, 4) is 28.1 Å². The molecule has 5 aliphatic heterocycles. The number of rotatable bonds is 9. The highest BCUT2D eigenvalue weighted by molar-refractivity contribution is 5.95. The molecule has 4 fully saturated rings. The quantitative estimate of drug-likeness (QED) is 0.126. The van der Waals surface area contributed by atoms with E-state index in [2.05, 4.69) is 71.7 Å². The van der Waals surface area contributed by atoms with Crippen molar-refractivity contribution in [1.29, 1.82) is 0 Å². The van der Waals surface area contributed by atoms with E-state index in [0.29, 0.717) is 58.4 Å². The van der Waals surface area contributed by atoms with Gasteiger partial charge in [-0.3, -0.25) is 19.4 Å². The van der Waals surface area contributed by atoms with Crippen LogP contribution in [-0.2, 0) is 48.0 Å². The minimum absolute atomic E-state index is 0.00425. The van der Waals surface area contributed by atoms with Crippen LogP contribution in [0.1, 0.15) is 83.7 Å². The van der Waals surface area contributed by atoms with Crippen molar-refractivity contribution in [3.63, 3.8) is 0 Å². The molecule has 0 saturated carbocycles. The van der Waals surface area contributed by atoms with Crippen molar-refractivity contribution in [2.24, 2.45) is 11.3 Å². The van der Waals surface area contributed by atoms with E-state index < -0.39 is 23.5 Å². The first-order valence-corrected chi connectivity index (χ1v) is 25.1. The smallest absolute Gasteiger partial charge is 0.324 e. The zero-order valence-corrected chi connectivity index (χ0v) is 42.0. The molecule has 70 heavy (non-hydrogen) atoms. The molecule has 17 nitrogen and oxygen atoms in total. The maximum atomic E-state index is 14.6. The Hall–Kier alpha value is -5.59. The lowest BCUT2D eigenvalue weighted by Gasteiger charge is -2.48. The predicted molar refractivity (Wildman–Crippen MR) is 265 cm³/mol. The highest BCUT2D eigenvalue weighted by Crippen LogP contribution is 2.42. The Balaban J connectivity index is 1.05. The second-order valence-corrected chi connectivity index (χ2v) is 21.1. The number of aromatic nitrogens is 2. The van der Waals surface area contributed by atoms with Crippen LogP contribution in [-0.4, -0.2) is 155 Å². The second-order valence-electron chi connectivity index (χ2n) is 21.1. The third-order valence-electron chi connectivity index (χ3n) is 15.0. The van der Waals surface area contributed by atoms with Gasteiger partial charge in [0.05, 0.1) is 54.9 Å². The van der Waals surface area contributed by atoms with Crippen molar-refractivity contribution in [2.45, 2.75) is 123 Å². The van der Waals surface area contributed by atoms with Crippen LogP contribution in [0.3, 0.4) is 0 Å². The van der Waals surface area contributed by atoms with E-state index in [0.717, 1.165) is 56.5 Å². The number of esters is 1. The van der Waals surface area contributed by atoms with Crippen molar-refractivity contribution in [3.05, 3.63) is 71.5 Å². The van der Waals surface area contributed by atoms with Crippen LogP contribution in [0.25, 0.3) is 33.3 Å². The molecule has 4 saturated heterocycles. The summed E-state index contributed by atoms with van der Waals surface area (Å²) in [5.74, 6) is -0.677. The first-order chi connectivity index (χ1) is 33.5. The van der Waals surface area contributed by atoms with Gasteiger partial charge in [0.2, 0.25) is 11.8 Å². The average Bonchev–Trinajstić information content (AvgIpc) is 4.07. The highest BCUT2D eigenvalue weighted by atomic mass is 16.5. The molecular formula is C53H71N9O8. The van der Waals surface area contributed by atoms with Crippen molar-refractivity contribution in [1.82, 2.24) is 45.3 Å². The van der Waals surface area contributed by atoms with E-state index in [1.54, 1.807) is 37.4 Å². The number of ether oxygens (including phenoxy) is 3. The number of hydrazine groups is 1. The number of aromatic hydroxyl groups is 1. The Bertz CT molecular complexity index is 2610. The number of nitrogens with zero attached hydrogens (tertiary/aromatic N) is 6. The Morgan fingerprint density at radius 3 is 2.59 bits per heavy atom. The lowest BCUT2D eigenvalue weighted by atomic mass is 9.84. The number of hydrogen-bond acceptors (Lipinski definition) is 12. The van der Waals surface area contributed by atoms with E-state index in [1.165, 1.54) is 4.90 Å². The van der Waals surface area contributed by atoms with E-state index in [-0.39, 0.29) is 79.7 Å². The molecule has 8 atom stereocenters. The number of nitrogens with one attached hydrogen (secondary N) is 3. The fourth-order valence-corrected chi connectivity index (χ4v) is 11.3. The van der Waals surface area contributed by atoms with Gasteiger partial charge in [0.25, 0.3) is 0 Å². The fourth-order valence-electron chi connectivity index (χ4n) is 11.3. The molecule has 0 aliphatic carbocycles. The lowest BCUT2D eigenvalue weighted by molar-refractivity contribution is -0.154. The largest absolute Gasteiger partial charge is 0.508 e. The van der Waals surface area contributed by atoms with Gasteiger partial charge in [0, 0.05) is 75.0 Å². The van der Waals surface area contributed by atoms with E-state index in [9.17, 15) is 24.3 Å². The summed E-state index contributed by atoms with van der Waals surface area (Å²) < 4.78 is 20.7. The number of amides is 4. The number of carbonyl (C=O) groups excluding carboxylic acids is 4. The van der Waals surface area contributed by atoms with Gasteiger partial charge in [0.1, 0.15) is 24.6 Å². The average molecular weight is 962 g/mol. The number of hydrogen-bond donors (Lipinski definition) is 4. The monoisotopic (exact) mass is 962 g/mol. The van der Waals surface area contributed by atoms with E-state index in [1.807, 2.05) is 36.7 Å². The molecule has 9 rings (SSSR count). The van der Waals surface area contributed by atoms with Crippen LogP contribution in [0.5, 0.6) is 5.75 Å². The van der Waals surface area contributed by atoms with E-state index >= 15 is 0 Å². The number of fused-ring (bicyclic) bond motifs is 7. The molecule has 4 N–H and O–H groups in total.